The molecule has 0 radical (unpaired) electrons. The highest BCUT2D eigenvalue weighted by Gasteiger charge is 2.33. The number of hydrogen-bond donors (Lipinski definition) is 3. The van der Waals surface area contributed by atoms with E-state index < -0.39 is 29.3 Å². The molecule has 0 saturated carbocycles. The highest BCUT2D eigenvalue weighted by molar-refractivity contribution is 8.00. The molecule has 166 valence electrons. The molecule has 9 nitrogen and oxygen atoms in total. The van der Waals surface area contributed by atoms with Gasteiger partial charge in [-0.05, 0) is 11.1 Å². The normalized spacial score (nSPS) is 18.7. The summed E-state index contributed by atoms with van der Waals surface area (Å²) in [5, 5.41) is 22.6. The quantitative estimate of drug-likeness (QED) is 0.459. The van der Waals surface area contributed by atoms with Crippen LogP contribution in [0.15, 0.2) is 59.1 Å². The van der Waals surface area contributed by atoms with Crippen molar-refractivity contribution in [2.75, 3.05) is 19.8 Å². The minimum Gasteiger partial charge on any atom is -0.480 e. The van der Waals surface area contributed by atoms with E-state index in [0.29, 0.717) is 12.1 Å². The zero-order valence-corrected chi connectivity index (χ0v) is 18.0. The van der Waals surface area contributed by atoms with Gasteiger partial charge in [-0.2, -0.15) is 0 Å². The summed E-state index contributed by atoms with van der Waals surface area (Å²) in [5.41, 5.74) is 1.17. The molecule has 0 bridgehead atoms. The number of allylic oxidation sites excluding steroid dienone is 2. The van der Waals surface area contributed by atoms with Crippen molar-refractivity contribution >= 4 is 35.4 Å². The van der Waals surface area contributed by atoms with Crippen LogP contribution in [0.5, 0.6) is 0 Å². The van der Waals surface area contributed by atoms with Crippen molar-refractivity contribution in [1.29, 1.82) is 0 Å². The molecule has 1 aliphatic rings. The summed E-state index contributed by atoms with van der Waals surface area (Å²) < 4.78 is 0. The van der Waals surface area contributed by atoms with Gasteiger partial charge in [-0.25, -0.2) is 4.79 Å². The predicted octanol–water partition coefficient (Wildman–Crippen LogP) is 1.72. The number of benzene rings is 1. The van der Waals surface area contributed by atoms with Crippen molar-refractivity contribution in [1.82, 2.24) is 10.4 Å². The van der Waals surface area contributed by atoms with Gasteiger partial charge in [0.1, 0.15) is 17.1 Å². The van der Waals surface area contributed by atoms with Crippen LogP contribution >= 0.6 is 11.8 Å². The lowest BCUT2D eigenvalue weighted by atomic mass is 10.1. The number of rotatable bonds is 10. The molecule has 0 aromatic heterocycles. The minimum atomic E-state index is -1.23. The highest BCUT2D eigenvalue weighted by Crippen LogP contribution is 2.27. The molecular weight excluding hydrogens is 422 g/mol. The number of hydrogen-bond acceptors (Lipinski definition) is 8. The molecule has 1 aliphatic heterocycles. The first kappa shape index (κ1) is 24.3. The Morgan fingerprint density at radius 2 is 2.00 bits per heavy atom. The summed E-state index contributed by atoms with van der Waals surface area (Å²) in [6.45, 7) is 0.321. The molecule has 0 spiro atoms. The summed E-state index contributed by atoms with van der Waals surface area (Å²) in [7, 11) is 3.18. The van der Waals surface area contributed by atoms with Gasteiger partial charge in [0, 0.05) is 26.4 Å². The van der Waals surface area contributed by atoms with Gasteiger partial charge in [-0.1, -0.05) is 48.6 Å². The van der Waals surface area contributed by atoms with Crippen molar-refractivity contribution in [2.24, 2.45) is 4.99 Å². The Morgan fingerprint density at radius 1 is 1.29 bits per heavy atom. The van der Waals surface area contributed by atoms with Gasteiger partial charge in [0.15, 0.2) is 0 Å². The lowest BCUT2D eigenvalue weighted by molar-refractivity contribution is -0.177. The first-order valence-corrected chi connectivity index (χ1v) is 10.5. The smallest absolute Gasteiger partial charge is 0.354 e. The molecule has 0 amide bonds. The Hall–Kier alpha value is -2.95. The third-order valence-electron chi connectivity index (χ3n) is 4.10. The zero-order valence-electron chi connectivity index (χ0n) is 17.2. The van der Waals surface area contributed by atoms with Crippen LogP contribution in [0, 0.1) is 0 Å². The van der Waals surface area contributed by atoms with E-state index in [4.69, 9.17) is 4.84 Å². The molecule has 1 aromatic rings. The zero-order chi connectivity index (χ0) is 22.8. The van der Waals surface area contributed by atoms with E-state index in [1.165, 1.54) is 16.8 Å². The summed E-state index contributed by atoms with van der Waals surface area (Å²) in [6.07, 6.45) is 4.71. The number of nitrogens with one attached hydrogen (secondary N) is 1. The maximum atomic E-state index is 11.8. The maximum Gasteiger partial charge on any atom is 0.354 e. The molecule has 0 saturated heterocycles. The number of aliphatic carboxylic acids is 2. The standard InChI is InChI=1S/C21H25N3O6S/c1-24(2)30-16(25)11-7-6-10-15-13-31-19(23-17(15)20(26)27)18(21(28)29)22-12-14-8-4-3-5-9-14/h3-10,18-19,22H,11-13H2,1-2H3,(H,26,27)(H,28,29)/b7-6+,15-10?. The molecule has 1 heterocycles. The van der Waals surface area contributed by atoms with Crippen LogP contribution in [0.2, 0.25) is 0 Å². The molecule has 2 atom stereocenters. The van der Waals surface area contributed by atoms with E-state index in [2.05, 4.69) is 10.3 Å². The van der Waals surface area contributed by atoms with E-state index in [-0.39, 0.29) is 17.9 Å². The average molecular weight is 448 g/mol. The second-order valence-corrected chi connectivity index (χ2v) is 7.87. The topological polar surface area (TPSA) is 129 Å². The highest BCUT2D eigenvalue weighted by atomic mass is 32.2. The Balaban J connectivity index is 2.09. The van der Waals surface area contributed by atoms with Gasteiger partial charge in [0.2, 0.25) is 0 Å². The first-order valence-electron chi connectivity index (χ1n) is 9.45. The van der Waals surface area contributed by atoms with Crippen LogP contribution in [0.3, 0.4) is 0 Å². The van der Waals surface area contributed by atoms with Gasteiger partial charge >= 0.3 is 17.9 Å². The lowest BCUT2D eigenvalue weighted by Gasteiger charge is -2.26. The van der Waals surface area contributed by atoms with Crippen LogP contribution < -0.4 is 5.32 Å². The summed E-state index contributed by atoms with van der Waals surface area (Å²) in [5.74, 6) is -2.50. The summed E-state index contributed by atoms with van der Waals surface area (Å²) in [6, 6.07) is 8.27. The van der Waals surface area contributed by atoms with E-state index in [0.717, 1.165) is 5.56 Å². The maximum absolute atomic E-state index is 11.8. The molecule has 31 heavy (non-hydrogen) atoms. The van der Waals surface area contributed by atoms with Crippen LogP contribution in [-0.4, -0.2) is 70.2 Å². The van der Waals surface area contributed by atoms with Crippen molar-refractivity contribution in [3.63, 3.8) is 0 Å². The van der Waals surface area contributed by atoms with Gasteiger partial charge in [0.25, 0.3) is 0 Å². The third-order valence-corrected chi connectivity index (χ3v) is 5.29. The molecule has 0 aliphatic carbocycles. The fourth-order valence-electron chi connectivity index (χ4n) is 2.70. The van der Waals surface area contributed by atoms with Crippen LogP contribution in [0.4, 0.5) is 0 Å². The molecule has 10 heteroatoms. The number of aliphatic imine (C=N–C) groups is 1. The van der Waals surface area contributed by atoms with Crippen LogP contribution in [0.1, 0.15) is 12.0 Å². The fourth-order valence-corrected chi connectivity index (χ4v) is 3.87. The Kier molecular flexibility index (Phi) is 9.44. The number of nitrogens with zero attached hydrogens (tertiary/aromatic N) is 2. The van der Waals surface area contributed by atoms with Crippen molar-refractivity contribution in [3.05, 3.63) is 59.7 Å². The van der Waals surface area contributed by atoms with Gasteiger partial charge < -0.3 is 15.1 Å². The minimum absolute atomic E-state index is 0.0295. The summed E-state index contributed by atoms with van der Waals surface area (Å²) >= 11 is 1.24. The molecular formula is C21H25N3O6S. The van der Waals surface area contributed by atoms with E-state index in [9.17, 15) is 24.6 Å². The SMILES string of the molecule is CN(C)OC(=O)C/C=C/C=C1CSC(C(NCc2ccccc2)C(=O)O)N=C1C(=O)O. The molecule has 0 fully saturated rings. The van der Waals surface area contributed by atoms with Crippen LogP contribution in [0.25, 0.3) is 0 Å². The monoisotopic (exact) mass is 447 g/mol. The van der Waals surface area contributed by atoms with Crippen LogP contribution in [-0.2, 0) is 25.8 Å². The third kappa shape index (κ3) is 8.00. The van der Waals surface area contributed by atoms with Gasteiger partial charge in [-0.15, -0.1) is 16.8 Å². The predicted molar refractivity (Wildman–Crippen MR) is 118 cm³/mol. The number of thioether (sulfide) groups is 1. The van der Waals surface area contributed by atoms with Crippen molar-refractivity contribution in [3.8, 4) is 0 Å². The number of carbonyl (C=O) groups is 3. The molecule has 1 aromatic carbocycles. The Morgan fingerprint density at radius 3 is 2.61 bits per heavy atom. The Labute approximate surface area is 184 Å². The van der Waals surface area contributed by atoms with Crippen molar-refractivity contribution < 1.29 is 29.4 Å². The van der Waals surface area contributed by atoms with E-state index in [1.54, 1.807) is 32.3 Å². The van der Waals surface area contributed by atoms with E-state index >= 15 is 0 Å². The summed E-state index contributed by atoms with van der Waals surface area (Å²) in [4.78, 5) is 44.0. The molecule has 2 unspecified atom stereocenters. The van der Waals surface area contributed by atoms with Gasteiger partial charge in [-0.3, -0.25) is 19.9 Å². The van der Waals surface area contributed by atoms with Gasteiger partial charge in [0.05, 0.1) is 6.42 Å². The average Bonchev–Trinajstić information content (AvgIpc) is 2.71. The largest absolute Gasteiger partial charge is 0.480 e. The first-order chi connectivity index (χ1) is 14.8. The molecule has 3 N–H and O–H groups in total. The molecule has 2 rings (SSSR count). The number of hydroxylamine groups is 2. The number of carboxylic acids is 2. The van der Waals surface area contributed by atoms with Crippen molar-refractivity contribution in [2.45, 2.75) is 24.4 Å². The lowest BCUT2D eigenvalue weighted by Crippen LogP contribution is -2.45. The van der Waals surface area contributed by atoms with E-state index in [1.807, 2.05) is 30.3 Å². The number of carbonyl (C=O) groups excluding carboxylic acids is 1. The Bertz CT molecular complexity index is 882. The second-order valence-electron chi connectivity index (χ2n) is 6.77. The number of carboxylic acid groups (broad SMARTS) is 2. The fraction of sp³-hybridized carbons (Fsp3) is 0.333. The second kappa shape index (κ2) is 12.0.